The van der Waals surface area contributed by atoms with Gasteiger partial charge in [0, 0.05) is 27.9 Å². The molecule has 1 amide bonds. The summed E-state index contributed by atoms with van der Waals surface area (Å²) in [5.41, 5.74) is 1.03. The predicted octanol–water partition coefficient (Wildman–Crippen LogP) is 5.23. The van der Waals surface area contributed by atoms with Gasteiger partial charge in [0.1, 0.15) is 17.4 Å². The molecule has 0 spiro atoms. The van der Waals surface area contributed by atoms with Gasteiger partial charge >= 0.3 is 6.09 Å². The number of hydrogen-bond donors (Lipinski definition) is 2. The van der Waals surface area contributed by atoms with Crippen LogP contribution in [-0.4, -0.2) is 47.4 Å². The molecular formula is C25H33FN4O3. The molecule has 2 N–H and O–H groups in total. The molecular weight excluding hydrogens is 423 g/mol. The number of phenolic OH excluding ortho intramolecular Hbond substituents is 1. The molecule has 1 aliphatic heterocycles. The van der Waals surface area contributed by atoms with Crippen LogP contribution in [0, 0.1) is 17.2 Å². The van der Waals surface area contributed by atoms with E-state index in [0.29, 0.717) is 54.3 Å². The Labute approximate surface area is 195 Å². The third-order valence-electron chi connectivity index (χ3n) is 5.54. The molecule has 1 aromatic heterocycles. The van der Waals surface area contributed by atoms with Gasteiger partial charge in [-0.2, -0.15) is 0 Å². The number of carbonyl (C=O) groups excluding carboxylic acids is 1. The first-order valence-corrected chi connectivity index (χ1v) is 11.1. The maximum absolute atomic E-state index is 14.1. The van der Waals surface area contributed by atoms with Crippen molar-refractivity contribution in [2.24, 2.45) is 11.3 Å². The maximum Gasteiger partial charge on any atom is 0.407 e. The molecule has 2 heterocycles. The normalized spacial score (nSPS) is 16.2. The number of anilines is 1. The zero-order chi connectivity index (χ0) is 23.6. The summed E-state index contributed by atoms with van der Waals surface area (Å²) in [5.74, 6) is 0.938. The number of rotatable bonds is 5. The fourth-order valence-electron chi connectivity index (χ4n) is 3.86. The van der Waals surface area contributed by atoms with Gasteiger partial charge < -0.3 is 20.1 Å². The first-order chi connectivity index (χ1) is 15.7. The van der Waals surface area contributed by atoms with E-state index in [9.17, 15) is 14.3 Å². The van der Waals surface area contributed by atoms with Crippen LogP contribution in [0.25, 0.3) is 22.3 Å². The molecule has 8 heteroatoms. The SMILES string of the molecule is CC(C)(C)COC(=O)NC[C@@H]1CCN(c2nc(-c3ccccc3O)nc3ccc(F)cc23)C1.[HH].[HH]. The number of hydrogen-bond acceptors (Lipinski definition) is 6. The number of alkyl carbamates (subject to hydrolysis) is 1. The Hall–Kier alpha value is -3.42. The second-order valence-corrected chi connectivity index (χ2v) is 9.67. The molecule has 7 nitrogen and oxygen atoms in total. The summed E-state index contributed by atoms with van der Waals surface area (Å²) >= 11 is 0. The summed E-state index contributed by atoms with van der Waals surface area (Å²) in [6, 6.07) is 11.3. The average Bonchev–Trinajstić information content (AvgIpc) is 3.24. The Morgan fingerprint density at radius 3 is 2.82 bits per heavy atom. The zero-order valence-corrected chi connectivity index (χ0v) is 19.1. The third-order valence-corrected chi connectivity index (χ3v) is 5.54. The van der Waals surface area contributed by atoms with E-state index in [1.807, 2.05) is 26.8 Å². The van der Waals surface area contributed by atoms with E-state index in [2.05, 4.69) is 15.2 Å². The Morgan fingerprint density at radius 2 is 2.06 bits per heavy atom. The van der Waals surface area contributed by atoms with Gasteiger partial charge in [-0.3, -0.25) is 0 Å². The fraction of sp³-hybridized carbons (Fsp3) is 0.400. The molecule has 3 aromatic rings. The van der Waals surface area contributed by atoms with E-state index < -0.39 is 6.09 Å². The molecule has 1 fully saturated rings. The van der Waals surface area contributed by atoms with Crippen molar-refractivity contribution in [3.63, 3.8) is 0 Å². The quantitative estimate of drug-likeness (QED) is 0.546. The van der Waals surface area contributed by atoms with E-state index in [-0.39, 0.29) is 25.8 Å². The minimum absolute atomic E-state index is 0. The van der Waals surface area contributed by atoms with Crippen molar-refractivity contribution in [2.75, 3.05) is 31.1 Å². The first kappa shape index (κ1) is 22.8. The third kappa shape index (κ3) is 5.50. The van der Waals surface area contributed by atoms with Crippen molar-refractivity contribution in [1.82, 2.24) is 15.3 Å². The van der Waals surface area contributed by atoms with Crippen LogP contribution in [0.4, 0.5) is 15.0 Å². The minimum Gasteiger partial charge on any atom is -0.507 e. The number of halogens is 1. The van der Waals surface area contributed by atoms with Crippen molar-refractivity contribution in [3.05, 3.63) is 48.3 Å². The smallest absolute Gasteiger partial charge is 0.407 e. The summed E-state index contributed by atoms with van der Waals surface area (Å²) in [5, 5.41) is 13.8. The van der Waals surface area contributed by atoms with E-state index in [4.69, 9.17) is 9.72 Å². The van der Waals surface area contributed by atoms with Crippen LogP contribution < -0.4 is 10.2 Å². The van der Waals surface area contributed by atoms with E-state index >= 15 is 0 Å². The maximum atomic E-state index is 14.1. The predicted molar refractivity (Wildman–Crippen MR) is 130 cm³/mol. The molecule has 1 aliphatic rings. The number of fused-ring (bicyclic) bond motifs is 1. The topological polar surface area (TPSA) is 87.6 Å². The standard InChI is InChI=1S/C25H29FN4O3.2H2/c1-25(2,3)15-33-24(32)27-13-16-10-11-30(14-16)23-19-12-17(26)8-9-20(19)28-22(29-23)18-6-4-5-7-21(18)31;;/h4-9,12,16,31H,10-11,13-15H2,1-3H3,(H,27,32);2*1H/t16-;;/m0../s1. The van der Waals surface area contributed by atoms with Crippen molar-refractivity contribution >= 4 is 22.8 Å². The van der Waals surface area contributed by atoms with Crippen LogP contribution in [-0.2, 0) is 4.74 Å². The number of aromatic nitrogens is 2. The van der Waals surface area contributed by atoms with Gasteiger partial charge in [0.15, 0.2) is 5.82 Å². The summed E-state index contributed by atoms with van der Waals surface area (Å²) in [6.45, 7) is 8.23. The molecule has 0 unspecified atom stereocenters. The highest BCUT2D eigenvalue weighted by molar-refractivity contribution is 5.91. The number of carbonyl (C=O) groups is 1. The van der Waals surface area contributed by atoms with Crippen LogP contribution in [0.5, 0.6) is 5.75 Å². The second-order valence-electron chi connectivity index (χ2n) is 9.67. The highest BCUT2D eigenvalue weighted by Gasteiger charge is 2.27. The zero-order valence-electron chi connectivity index (χ0n) is 19.1. The monoisotopic (exact) mass is 456 g/mol. The number of phenols is 1. The van der Waals surface area contributed by atoms with Crippen molar-refractivity contribution in [1.29, 1.82) is 0 Å². The van der Waals surface area contributed by atoms with Gasteiger partial charge in [0.05, 0.1) is 17.7 Å². The van der Waals surface area contributed by atoms with Crippen molar-refractivity contribution < 1.29 is 21.9 Å². The van der Waals surface area contributed by atoms with E-state index in [0.717, 1.165) is 6.42 Å². The van der Waals surface area contributed by atoms with Crippen LogP contribution in [0.2, 0.25) is 0 Å². The molecule has 0 aliphatic carbocycles. The summed E-state index contributed by atoms with van der Waals surface area (Å²) in [6.07, 6.45) is 0.437. The van der Waals surface area contributed by atoms with Crippen LogP contribution >= 0.6 is 0 Å². The van der Waals surface area contributed by atoms with Crippen LogP contribution in [0.3, 0.4) is 0 Å². The molecule has 0 saturated carbocycles. The number of nitrogens with zero attached hydrogens (tertiary/aromatic N) is 3. The van der Waals surface area contributed by atoms with Crippen LogP contribution in [0.1, 0.15) is 30.0 Å². The summed E-state index contributed by atoms with van der Waals surface area (Å²) in [4.78, 5) is 23.4. The Morgan fingerprint density at radius 1 is 1.27 bits per heavy atom. The van der Waals surface area contributed by atoms with Crippen molar-refractivity contribution in [2.45, 2.75) is 27.2 Å². The van der Waals surface area contributed by atoms with E-state index in [1.165, 1.54) is 12.1 Å². The number of aromatic hydroxyl groups is 1. The number of nitrogens with one attached hydrogen (secondary N) is 1. The molecule has 1 saturated heterocycles. The molecule has 178 valence electrons. The Bertz CT molecular complexity index is 1170. The lowest BCUT2D eigenvalue weighted by atomic mass is 9.99. The fourth-order valence-corrected chi connectivity index (χ4v) is 3.86. The summed E-state index contributed by atoms with van der Waals surface area (Å²) in [7, 11) is 0. The lowest BCUT2D eigenvalue weighted by Gasteiger charge is -2.21. The number of ether oxygens (including phenoxy) is 1. The Kier molecular flexibility index (Phi) is 6.35. The highest BCUT2D eigenvalue weighted by Crippen LogP contribution is 2.33. The number of benzene rings is 2. The number of para-hydroxylation sites is 1. The van der Waals surface area contributed by atoms with Gasteiger partial charge in [-0.1, -0.05) is 32.9 Å². The lowest BCUT2D eigenvalue weighted by Crippen LogP contribution is -2.33. The minimum atomic E-state index is -0.417. The molecule has 2 aromatic carbocycles. The molecule has 0 bridgehead atoms. The molecule has 33 heavy (non-hydrogen) atoms. The van der Waals surface area contributed by atoms with Crippen LogP contribution in [0.15, 0.2) is 42.5 Å². The molecule has 0 radical (unpaired) electrons. The van der Waals surface area contributed by atoms with Gasteiger partial charge in [0.25, 0.3) is 0 Å². The van der Waals surface area contributed by atoms with Gasteiger partial charge in [0.2, 0.25) is 0 Å². The first-order valence-electron chi connectivity index (χ1n) is 11.1. The van der Waals surface area contributed by atoms with Gasteiger partial charge in [-0.05, 0) is 48.1 Å². The van der Waals surface area contributed by atoms with Gasteiger partial charge in [-0.15, -0.1) is 0 Å². The van der Waals surface area contributed by atoms with E-state index in [1.54, 1.807) is 24.3 Å². The average molecular weight is 457 g/mol. The molecule has 1 atom stereocenters. The Balaban J connectivity index is 0.00000216. The highest BCUT2D eigenvalue weighted by atomic mass is 19.1. The molecule has 4 rings (SSSR count). The second kappa shape index (κ2) is 9.21. The number of amides is 1. The van der Waals surface area contributed by atoms with Gasteiger partial charge in [-0.25, -0.2) is 19.2 Å². The largest absolute Gasteiger partial charge is 0.507 e. The van der Waals surface area contributed by atoms with Crippen molar-refractivity contribution in [3.8, 4) is 17.1 Å². The summed E-state index contributed by atoms with van der Waals surface area (Å²) < 4.78 is 19.3. The lowest BCUT2D eigenvalue weighted by molar-refractivity contribution is 0.105.